The molecule has 0 bridgehead atoms. The van der Waals surface area contributed by atoms with Crippen LogP contribution in [0.1, 0.15) is 36.5 Å². The van der Waals surface area contributed by atoms with Crippen molar-refractivity contribution in [1.82, 2.24) is 14.8 Å². The molecule has 1 aromatic carbocycles. The van der Waals surface area contributed by atoms with Gasteiger partial charge < -0.3 is 14.2 Å². The largest absolute Gasteiger partial charge is 0.443 e. The van der Waals surface area contributed by atoms with E-state index in [2.05, 4.69) is 11.9 Å². The second-order valence-corrected chi connectivity index (χ2v) is 5.81. The van der Waals surface area contributed by atoms with Crippen molar-refractivity contribution in [2.24, 2.45) is 0 Å². The van der Waals surface area contributed by atoms with E-state index < -0.39 is 0 Å². The first-order chi connectivity index (χ1) is 11.2. The molecule has 1 saturated heterocycles. The average molecular weight is 315 g/mol. The van der Waals surface area contributed by atoms with Gasteiger partial charge in [-0.3, -0.25) is 9.59 Å². The zero-order valence-electron chi connectivity index (χ0n) is 13.3. The second kappa shape index (κ2) is 6.81. The lowest BCUT2D eigenvalue weighted by Gasteiger charge is -2.35. The van der Waals surface area contributed by atoms with Crippen molar-refractivity contribution >= 4 is 22.9 Å². The lowest BCUT2D eigenvalue weighted by atomic mass is 10.1. The summed E-state index contributed by atoms with van der Waals surface area (Å²) in [6.07, 6.45) is 3.93. The number of benzene rings is 1. The summed E-state index contributed by atoms with van der Waals surface area (Å²) in [5, 5.41) is 0. The minimum absolute atomic E-state index is 0.0241. The summed E-state index contributed by atoms with van der Waals surface area (Å²) in [5.74, 6) is 0.172. The molecule has 0 saturated carbocycles. The molecule has 0 radical (unpaired) electrons. The zero-order chi connectivity index (χ0) is 16.2. The van der Waals surface area contributed by atoms with Crippen molar-refractivity contribution in [3.63, 3.8) is 0 Å². The molecule has 1 fully saturated rings. The molecular formula is C17H21N3O3. The Balaban J connectivity index is 1.60. The molecule has 2 heterocycles. The number of hydrogen-bond donors (Lipinski definition) is 0. The third-order valence-electron chi connectivity index (χ3n) is 4.24. The first kappa shape index (κ1) is 15.5. The highest BCUT2D eigenvalue weighted by Gasteiger charge is 2.24. The highest BCUT2D eigenvalue weighted by atomic mass is 16.3. The van der Waals surface area contributed by atoms with E-state index in [0.29, 0.717) is 43.7 Å². The van der Waals surface area contributed by atoms with Crippen molar-refractivity contribution in [2.45, 2.75) is 26.2 Å². The predicted octanol–water partition coefficient (Wildman–Crippen LogP) is 2.30. The third-order valence-corrected chi connectivity index (χ3v) is 4.24. The summed E-state index contributed by atoms with van der Waals surface area (Å²) in [4.78, 5) is 32.3. The Bertz CT molecular complexity index is 702. The number of piperazine rings is 1. The Kier molecular flexibility index (Phi) is 4.60. The number of nitrogens with zero attached hydrogens (tertiary/aromatic N) is 3. The first-order valence-corrected chi connectivity index (χ1v) is 8.09. The number of aromatic nitrogens is 1. The first-order valence-electron chi connectivity index (χ1n) is 8.09. The van der Waals surface area contributed by atoms with Gasteiger partial charge in [-0.1, -0.05) is 13.3 Å². The quantitative estimate of drug-likeness (QED) is 0.868. The van der Waals surface area contributed by atoms with E-state index in [-0.39, 0.29) is 11.8 Å². The SMILES string of the molecule is CCCCC(=O)N1CCN(C(=O)c2ccc3ncoc3c2)CC1. The van der Waals surface area contributed by atoms with Crippen molar-refractivity contribution < 1.29 is 14.0 Å². The van der Waals surface area contributed by atoms with E-state index in [0.717, 1.165) is 18.4 Å². The van der Waals surface area contributed by atoms with Crippen molar-refractivity contribution in [3.8, 4) is 0 Å². The molecule has 1 aliphatic rings. The highest BCUT2D eigenvalue weighted by molar-refractivity contribution is 5.97. The maximum atomic E-state index is 12.6. The second-order valence-electron chi connectivity index (χ2n) is 5.81. The van der Waals surface area contributed by atoms with Crippen LogP contribution in [-0.4, -0.2) is 52.8 Å². The number of fused-ring (bicyclic) bond motifs is 1. The van der Waals surface area contributed by atoms with Crippen LogP contribution in [0, 0.1) is 0 Å². The van der Waals surface area contributed by atoms with Crippen LogP contribution >= 0.6 is 0 Å². The molecule has 0 atom stereocenters. The van der Waals surface area contributed by atoms with Crippen molar-refractivity contribution in [1.29, 1.82) is 0 Å². The van der Waals surface area contributed by atoms with Crippen LogP contribution in [0.5, 0.6) is 0 Å². The van der Waals surface area contributed by atoms with E-state index in [1.165, 1.54) is 6.39 Å². The molecule has 1 aliphatic heterocycles. The number of carbonyl (C=O) groups is 2. The molecule has 6 nitrogen and oxygen atoms in total. The maximum absolute atomic E-state index is 12.6. The molecule has 23 heavy (non-hydrogen) atoms. The molecule has 2 amide bonds. The Morgan fingerprint density at radius 1 is 1.17 bits per heavy atom. The van der Waals surface area contributed by atoms with Gasteiger partial charge in [0.2, 0.25) is 5.91 Å². The van der Waals surface area contributed by atoms with Crippen LogP contribution in [0.3, 0.4) is 0 Å². The molecular weight excluding hydrogens is 294 g/mol. The summed E-state index contributed by atoms with van der Waals surface area (Å²) in [6.45, 7) is 4.45. The number of rotatable bonds is 4. The van der Waals surface area contributed by atoms with Gasteiger partial charge in [0.1, 0.15) is 5.52 Å². The molecule has 0 spiro atoms. The monoisotopic (exact) mass is 315 g/mol. The van der Waals surface area contributed by atoms with Gasteiger partial charge in [0.05, 0.1) is 0 Å². The number of amides is 2. The predicted molar refractivity (Wildman–Crippen MR) is 86.0 cm³/mol. The van der Waals surface area contributed by atoms with Gasteiger partial charge in [-0.15, -0.1) is 0 Å². The van der Waals surface area contributed by atoms with Crippen LogP contribution in [0.15, 0.2) is 29.0 Å². The van der Waals surface area contributed by atoms with Gasteiger partial charge >= 0.3 is 0 Å². The van der Waals surface area contributed by atoms with E-state index in [1.54, 1.807) is 23.1 Å². The van der Waals surface area contributed by atoms with Gasteiger partial charge in [-0.25, -0.2) is 4.98 Å². The van der Waals surface area contributed by atoms with E-state index in [9.17, 15) is 9.59 Å². The molecule has 3 rings (SSSR count). The Hall–Kier alpha value is -2.37. The van der Waals surface area contributed by atoms with E-state index in [4.69, 9.17) is 4.42 Å². The Morgan fingerprint density at radius 3 is 2.65 bits per heavy atom. The molecule has 0 N–H and O–H groups in total. The summed E-state index contributed by atoms with van der Waals surface area (Å²) >= 11 is 0. The van der Waals surface area contributed by atoms with Crippen molar-refractivity contribution in [2.75, 3.05) is 26.2 Å². The fourth-order valence-corrected chi connectivity index (χ4v) is 2.82. The Morgan fingerprint density at radius 2 is 1.91 bits per heavy atom. The molecule has 122 valence electrons. The standard InChI is InChI=1S/C17H21N3O3/c1-2-3-4-16(21)19-7-9-20(10-8-19)17(22)13-5-6-14-15(11-13)23-12-18-14/h5-6,11-12H,2-4,7-10H2,1H3. The normalized spacial score (nSPS) is 15.2. The average Bonchev–Trinajstić information content (AvgIpc) is 3.06. The maximum Gasteiger partial charge on any atom is 0.254 e. The molecule has 0 aliphatic carbocycles. The van der Waals surface area contributed by atoms with Crippen LogP contribution in [0.25, 0.3) is 11.1 Å². The molecule has 0 unspecified atom stereocenters. The fourth-order valence-electron chi connectivity index (χ4n) is 2.82. The van der Waals surface area contributed by atoms with E-state index in [1.807, 2.05) is 4.90 Å². The van der Waals surface area contributed by atoms with Crippen LogP contribution in [0.4, 0.5) is 0 Å². The van der Waals surface area contributed by atoms with Gasteiger partial charge in [-0.05, 0) is 24.6 Å². The molecule has 1 aromatic heterocycles. The zero-order valence-corrected chi connectivity index (χ0v) is 13.3. The minimum Gasteiger partial charge on any atom is -0.443 e. The van der Waals surface area contributed by atoms with Crippen molar-refractivity contribution in [3.05, 3.63) is 30.2 Å². The summed E-state index contributed by atoms with van der Waals surface area (Å²) in [7, 11) is 0. The number of hydrogen-bond acceptors (Lipinski definition) is 4. The van der Waals surface area contributed by atoms with Crippen LogP contribution in [-0.2, 0) is 4.79 Å². The van der Waals surface area contributed by atoms with Gasteiger partial charge in [0, 0.05) is 38.2 Å². The topological polar surface area (TPSA) is 66.7 Å². The van der Waals surface area contributed by atoms with Gasteiger partial charge in [-0.2, -0.15) is 0 Å². The van der Waals surface area contributed by atoms with Gasteiger partial charge in [0.25, 0.3) is 5.91 Å². The molecule has 2 aromatic rings. The Labute approximate surface area is 135 Å². The van der Waals surface area contributed by atoms with Gasteiger partial charge in [0.15, 0.2) is 12.0 Å². The summed E-state index contributed by atoms with van der Waals surface area (Å²) < 4.78 is 5.25. The third kappa shape index (κ3) is 3.36. The lowest BCUT2D eigenvalue weighted by molar-refractivity contribution is -0.132. The van der Waals surface area contributed by atoms with Crippen LogP contribution < -0.4 is 0 Å². The number of carbonyl (C=O) groups excluding carboxylic acids is 2. The summed E-state index contributed by atoms with van der Waals surface area (Å²) in [6, 6.07) is 5.28. The smallest absolute Gasteiger partial charge is 0.254 e. The number of unbranched alkanes of at least 4 members (excludes halogenated alkanes) is 1. The van der Waals surface area contributed by atoms with E-state index >= 15 is 0 Å². The number of oxazole rings is 1. The highest BCUT2D eigenvalue weighted by Crippen LogP contribution is 2.17. The molecule has 6 heteroatoms. The van der Waals surface area contributed by atoms with Crippen LogP contribution in [0.2, 0.25) is 0 Å². The minimum atomic E-state index is -0.0241. The lowest BCUT2D eigenvalue weighted by Crippen LogP contribution is -2.50. The summed E-state index contributed by atoms with van der Waals surface area (Å²) in [5.41, 5.74) is 1.96. The fraction of sp³-hybridized carbons (Fsp3) is 0.471.